The molecular weight excluding hydrogens is 488 g/mol. The Bertz CT molecular complexity index is 1350. The van der Waals surface area contributed by atoms with Crippen LogP contribution in [0.2, 0.25) is 0 Å². The van der Waals surface area contributed by atoms with Gasteiger partial charge in [-0.05, 0) is 37.1 Å². The van der Waals surface area contributed by atoms with Crippen molar-refractivity contribution >= 4 is 11.8 Å². The van der Waals surface area contributed by atoms with Crippen molar-refractivity contribution in [3.63, 3.8) is 0 Å². The van der Waals surface area contributed by atoms with Crippen molar-refractivity contribution in [3.8, 4) is 22.5 Å². The number of benzene rings is 2. The van der Waals surface area contributed by atoms with Gasteiger partial charge in [0.2, 0.25) is 0 Å². The number of hydrogen-bond acceptors (Lipinski definition) is 5. The molecule has 198 valence electrons. The third kappa shape index (κ3) is 5.49. The highest BCUT2D eigenvalue weighted by molar-refractivity contribution is 5.96. The van der Waals surface area contributed by atoms with E-state index in [0.717, 1.165) is 61.5 Å². The number of likely N-dealkylation sites (tertiary alicyclic amines) is 1. The van der Waals surface area contributed by atoms with Crippen LogP contribution in [0, 0.1) is 0 Å². The van der Waals surface area contributed by atoms with E-state index >= 15 is 0 Å². The summed E-state index contributed by atoms with van der Waals surface area (Å²) in [4.78, 5) is 37.5. The maximum absolute atomic E-state index is 13.7. The van der Waals surface area contributed by atoms with Gasteiger partial charge in [0.05, 0.1) is 17.7 Å². The summed E-state index contributed by atoms with van der Waals surface area (Å²) in [6.07, 6.45) is 3.41. The third-order valence-corrected chi connectivity index (χ3v) is 7.81. The predicted octanol–water partition coefficient (Wildman–Crippen LogP) is 5.07. The van der Waals surface area contributed by atoms with Crippen LogP contribution in [0.3, 0.4) is 0 Å². The summed E-state index contributed by atoms with van der Waals surface area (Å²) in [7, 11) is 0. The number of furan rings is 1. The van der Waals surface area contributed by atoms with E-state index < -0.39 is 0 Å². The molecule has 2 aliphatic rings. The number of carbonyl (C=O) groups is 2. The van der Waals surface area contributed by atoms with Crippen LogP contribution in [0.5, 0.6) is 0 Å². The smallest absolute Gasteiger partial charge is 0.289 e. The Kier molecular flexibility index (Phi) is 7.23. The predicted molar refractivity (Wildman–Crippen MR) is 150 cm³/mol. The molecule has 0 N–H and O–H groups in total. The molecule has 4 aromatic rings. The molecule has 7 nitrogen and oxygen atoms in total. The second-order valence-corrected chi connectivity index (χ2v) is 10.2. The summed E-state index contributed by atoms with van der Waals surface area (Å²) in [5.41, 5.74) is 4.25. The maximum Gasteiger partial charge on any atom is 0.289 e. The minimum absolute atomic E-state index is 0.0315. The van der Waals surface area contributed by atoms with Crippen LogP contribution in [0.1, 0.15) is 33.8 Å². The molecule has 2 aromatic carbocycles. The van der Waals surface area contributed by atoms with E-state index in [2.05, 4.69) is 4.90 Å². The van der Waals surface area contributed by atoms with E-state index in [1.165, 1.54) is 6.26 Å². The van der Waals surface area contributed by atoms with Crippen molar-refractivity contribution in [1.29, 1.82) is 0 Å². The summed E-state index contributed by atoms with van der Waals surface area (Å²) >= 11 is 0. The Balaban J connectivity index is 1.12. The van der Waals surface area contributed by atoms with Gasteiger partial charge in [-0.25, -0.2) is 4.98 Å². The molecule has 39 heavy (non-hydrogen) atoms. The number of nitrogens with zero attached hydrogens (tertiary/aromatic N) is 4. The topological polar surface area (TPSA) is 69.9 Å². The molecule has 0 unspecified atom stereocenters. The SMILES string of the molecule is O=C(c1cc(-c2ccccc2)nc(-c2ccccc2)c1)N1CCN(C2CCN(C(=O)c3ccco3)CC2)CC1. The summed E-state index contributed by atoms with van der Waals surface area (Å²) in [5.74, 6) is 0.420. The molecule has 2 aliphatic heterocycles. The molecule has 0 saturated carbocycles. The average molecular weight is 521 g/mol. The van der Waals surface area contributed by atoms with Gasteiger partial charge >= 0.3 is 0 Å². The number of pyridine rings is 1. The largest absolute Gasteiger partial charge is 0.459 e. The van der Waals surface area contributed by atoms with E-state index in [0.29, 0.717) is 30.5 Å². The van der Waals surface area contributed by atoms with Crippen molar-refractivity contribution in [3.05, 3.63) is 103 Å². The van der Waals surface area contributed by atoms with E-state index in [9.17, 15) is 9.59 Å². The lowest BCUT2D eigenvalue weighted by atomic mass is 10.0. The Morgan fingerprint density at radius 3 is 1.77 bits per heavy atom. The first-order valence-electron chi connectivity index (χ1n) is 13.6. The highest BCUT2D eigenvalue weighted by atomic mass is 16.3. The van der Waals surface area contributed by atoms with E-state index in [1.807, 2.05) is 82.6 Å². The van der Waals surface area contributed by atoms with Gasteiger partial charge in [0.15, 0.2) is 5.76 Å². The zero-order valence-electron chi connectivity index (χ0n) is 21.9. The lowest BCUT2D eigenvalue weighted by molar-refractivity contribution is 0.0402. The lowest BCUT2D eigenvalue weighted by Crippen LogP contribution is -2.54. The molecule has 2 amide bonds. The highest BCUT2D eigenvalue weighted by Crippen LogP contribution is 2.26. The fourth-order valence-corrected chi connectivity index (χ4v) is 5.63. The monoisotopic (exact) mass is 520 g/mol. The zero-order valence-corrected chi connectivity index (χ0v) is 21.9. The molecule has 6 rings (SSSR count). The van der Waals surface area contributed by atoms with Crippen LogP contribution in [0.4, 0.5) is 0 Å². The molecule has 7 heteroatoms. The number of carbonyl (C=O) groups excluding carboxylic acids is 2. The Morgan fingerprint density at radius 2 is 1.23 bits per heavy atom. The van der Waals surface area contributed by atoms with Crippen LogP contribution in [-0.2, 0) is 0 Å². The first-order valence-corrected chi connectivity index (χ1v) is 13.6. The van der Waals surface area contributed by atoms with E-state index in [1.54, 1.807) is 12.1 Å². The number of rotatable bonds is 5. The molecule has 2 fully saturated rings. The first kappa shape index (κ1) is 25.1. The molecule has 0 bridgehead atoms. The second-order valence-electron chi connectivity index (χ2n) is 10.2. The fraction of sp³-hybridized carbons (Fsp3) is 0.281. The maximum atomic E-state index is 13.7. The molecule has 4 heterocycles. The van der Waals surface area contributed by atoms with Crippen LogP contribution < -0.4 is 0 Å². The first-order chi connectivity index (χ1) is 19.2. The van der Waals surface area contributed by atoms with Crippen molar-refractivity contribution < 1.29 is 14.0 Å². The minimum atomic E-state index is -0.0315. The third-order valence-electron chi connectivity index (χ3n) is 7.81. The van der Waals surface area contributed by atoms with Crippen LogP contribution in [0.25, 0.3) is 22.5 Å². The van der Waals surface area contributed by atoms with E-state index in [4.69, 9.17) is 9.40 Å². The minimum Gasteiger partial charge on any atom is -0.459 e. The van der Waals surface area contributed by atoms with Gasteiger partial charge in [-0.2, -0.15) is 0 Å². The summed E-state index contributed by atoms with van der Waals surface area (Å²) < 4.78 is 5.28. The summed E-state index contributed by atoms with van der Waals surface area (Å²) in [6.45, 7) is 4.51. The Morgan fingerprint density at radius 1 is 0.667 bits per heavy atom. The van der Waals surface area contributed by atoms with Crippen molar-refractivity contribution in [1.82, 2.24) is 19.7 Å². The number of hydrogen-bond donors (Lipinski definition) is 0. The highest BCUT2D eigenvalue weighted by Gasteiger charge is 2.31. The molecule has 0 atom stereocenters. The van der Waals surface area contributed by atoms with Crippen molar-refractivity contribution in [2.75, 3.05) is 39.3 Å². The number of piperazine rings is 1. The van der Waals surface area contributed by atoms with Crippen molar-refractivity contribution in [2.45, 2.75) is 18.9 Å². The van der Waals surface area contributed by atoms with Gasteiger partial charge < -0.3 is 14.2 Å². The second kappa shape index (κ2) is 11.3. The standard InChI is InChI=1S/C32H32N4O3/c37-31(26-22-28(24-8-3-1-4-9-24)33-29(23-26)25-10-5-2-6-11-25)36-19-17-34(18-20-36)27-13-15-35(16-14-27)32(38)30-12-7-21-39-30/h1-12,21-23,27H,13-20H2. The molecule has 0 aliphatic carbocycles. The van der Waals surface area contributed by atoms with Crippen molar-refractivity contribution in [2.24, 2.45) is 0 Å². The molecule has 2 saturated heterocycles. The normalized spacial score (nSPS) is 16.8. The quantitative estimate of drug-likeness (QED) is 0.368. The number of amides is 2. The van der Waals surface area contributed by atoms with E-state index in [-0.39, 0.29) is 11.8 Å². The van der Waals surface area contributed by atoms with Gasteiger partial charge in [0, 0.05) is 62.0 Å². The molecule has 0 radical (unpaired) electrons. The fourth-order valence-electron chi connectivity index (χ4n) is 5.63. The van der Waals surface area contributed by atoms with Crippen LogP contribution >= 0.6 is 0 Å². The Labute approximate surface area is 228 Å². The Hall–Kier alpha value is -4.23. The van der Waals surface area contributed by atoms with Crippen LogP contribution in [-0.4, -0.2) is 76.8 Å². The number of aromatic nitrogens is 1. The van der Waals surface area contributed by atoms with Gasteiger partial charge in [-0.15, -0.1) is 0 Å². The summed E-state index contributed by atoms with van der Waals surface area (Å²) in [6, 6.07) is 27.8. The van der Waals surface area contributed by atoms with Gasteiger partial charge in [0.25, 0.3) is 11.8 Å². The van der Waals surface area contributed by atoms with Gasteiger partial charge in [-0.3, -0.25) is 14.5 Å². The molecule has 2 aromatic heterocycles. The van der Waals surface area contributed by atoms with Gasteiger partial charge in [0.1, 0.15) is 0 Å². The average Bonchev–Trinajstić information content (AvgIpc) is 3.56. The lowest BCUT2D eigenvalue weighted by Gasteiger charge is -2.42. The number of piperidine rings is 1. The molecule has 0 spiro atoms. The van der Waals surface area contributed by atoms with Gasteiger partial charge in [-0.1, -0.05) is 60.7 Å². The summed E-state index contributed by atoms with van der Waals surface area (Å²) in [5, 5.41) is 0. The zero-order chi connectivity index (χ0) is 26.6. The molecular formula is C32H32N4O3. The van der Waals surface area contributed by atoms with Crippen LogP contribution in [0.15, 0.2) is 95.6 Å².